The molecule has 1 aromatic carbocycles. The van der Waals surface area contributed by atoms with Crippen molar-refractivity contribution in [3.63, 3.8) is 0 Å². The molecule has 2 nitrogen and oxygen atoms in total. The maximum absolute atomic E-state index is 10.4. The third-order valence-electron chi connectivity index (χ3n) is 1.85. The molecular formula is C11H12O2. The van der Waals surface area contributed by atoms with E-state index in [1.165, 1.54) is 11.6 Å². The van der Waals surface area contributed by atoms with E-state index >= 15 is 0 Å². The van der Waals surface area contributed by atoms with Crippen molar-refractivity contribution in [2.24, 2.45) is 0 Å². The van der Waals surface area contributed by atoms with Crippen LogP contribution in [-0.2, 0) is 4.79 Å². The lowest BCUT2D eigenvalue weighted by atomic mass is 10.1. The van der Waals surface area contributed by atoms with Gasteiger partial charge in [0.2, 0.25) is 0 Å². The van der Waals surface area contributed by atoms with Gasteiger partial charge in [-0.25, -0.2) is 4.79 Å². The molecule has 13 heavy (non-hydrogen) atoms. The number of benzene rings is 1. The van der Waals surface area contributed by atoms with Crippen LogP contribution in [0.25, 0.3) is 5.57 Å². The molecule has 0 aromatic heterocycles. The number of carboxylic acids is 1. The van der Waals surface area contributed by atoms with E-state index in [1.54, 1.807) is 6.92 Å². The van der Waals surface area contributed by atoms with Gasteiger partial charge in [0.15, 0.2) is 0 Å². The average Bonchev–Trinajstić information content (AvgIpc) is 2.04. The van der Waals surface area contributed by atoms with Gasteiger partial charge in [-0.2, -0.15) is 0 Å². The lowest BCUT2D eigenvalue weighted by Crippen LogP contribution is -1.89. The van der Waals surface area contributed by atoms with Gasteiger partial charge in [0, 0.05) is 6.08 Å². The van der Waals surface area contributed by atoms with Crippen molar-refractivity contribution in [1.29, 1.82) is 0 Å². The summed E-state index contributed by atoms with van der Waals surface area (Å²) in [5.41, 5.74) is 2.90. The van der Waals surface area contributed by atoms with Gasteiger partial charge in [0.25, 0.3) is 0 Å². The second-order valence-corrected chi connectivity index (χ2v) is 3.03. The van der Waals surface area contributed by atoms with Gasteiger partial charge in [-0.1, -0.05) is 29.8 Å². The second kappa shape index (κ2) is 3.90. The fourth-order valence-electron chi connectivity index (χ4n) is 1.08. The van der Waals surface area contributed by atoms with Gasteiger partial charge < -0.3 is 5.11 Å². The van der Waals surface area contributed by atoms with Crippen LogP contribution < -0.4 is 0 Å². The Bertz CT molecular complexity index is 334. The van der Waals surface area contributed by atoms with Crippen LogP contribution in [0.3, 0.4) is 0 Å². The Morgan fingerprint density at radius 3 is 2.31 bits per heavy atom. The third kappa shape index (κ3) is 2.75. The normalized spacial score (nSPS) is 11.4. The predicted octanol–water partition coefficient (Wildman–Crippen LogP) is 2.48. The van der Waals surface area contributed by atoms with E-state index in [1.807, 2.05) is 31.2 Å². The lowest BCUT2D eigenvalue weighted by molar-refractivity contribution is -0.131. The van der Waals surface area contributed by atoms with Crippen LogP contribution in [-0.4, -0.2) is 11.1 Å². The van der Waals surface area contributed by atoms with Gasteiger partial charge >= 0.3 is 5.97 Å². The maximum atomic E-state index is 10.4. The molecule has 1 aromatic rings. The summed E-state index contributed by atoms with van der Waals surface area (Å²) in [5, 5.41) is 8.52. The number of carboxylic acid groups (broad SMARTS) is 1. The van der Waals surface area contributed by atoms with Gasteiger partial charge in [-0.15, -0.1) is 0 Å². The van der Waals surface area contributed by atoms with Gasteiger partial charge in [0.05, 0.1) is 0 Å². The SMILES string of the molecule is C/C(=C/C(=O)O)c1ccc(C)cc1. The molecule has 0 unspecified atom stereocenters. The summed E-state index contributed by atoms with van der Waals surface area (Å²) in [4.78, 5) is 10.4. The molecule has 0 aliphatic rings. The van der Waals surface area contributed by atoms with Crippen LogP contribution in [0.1, 0.15) is 18.1 Å². The topological polar surface area (TPSA) is 37.3 Å². The summed E-state index contributed by atoms with van der Waals surface area (Å²) in [6, 6.07) is 7.78. The Morgan fingerprint density at radius 2 is 1.85 bits per heavy atom. The Morgan fingerprint density at radius 1 is 1.31 bits per heavy atom. The van der Waals surface area contributed by atoms with E-state index < -0.39 is 5.97 Å². The highest BCUT2D eigenvalue weighted by Gasteiger charge is 1.97. The molecule has 0 heterocycles. The summed E-state index contributed by atoms with van der Waals surface area (Å²) in [5.74, 6) is -0.905. The van der Waals surface area contributed by atoms with E-state index in [4.69, 9.17) is 5.11 Å². The minimum absolute atomic E-state index is 0.771. The number of rotatable bonds is 2. The fraction of sp³-hybridized carbons (Fsp3) is 0.182. The first-order valence-corrected chi connectivity index (χ1v) is 4.08. The maximum Gasteiger partial charge on any atom is 0.328 e. The molecule has 1 rings (SSSR count). The molecule has 0 aliphatic heterocycles. The zero-order chi connectivity index (χ0) is 9.84. The average molecular weight is 176 g/mol. The first-order chi connectivity index (χ1) is 6.09. The summed E-state index contributed by atoms with van der Waals surface area (Å²) >= 11 is 0. The van der Waals surface area contributed by atoms with Crippen molar-refractivity contribution < 1.29 is 9.90 Å². The largest absolute Gasteiger partial charge is 0.478 e. The molecule has 0 bridgehead atoms. The van der Waals surface area contributed by atoms with Crippen molar-refractivity contribution in [3.8, 4) is 0 Å². The van der Waals surface area contributed by atoms with Gasteiger partial charge in [-0.3, -0.25) is 0 Å². The summed E-state index contributed by atoms with van der Waals surface area (Å²) in [6.45, 7) is 3.79. The lowest BCUT2D eigenvalue weighted by Gasteiger charge is -2.00. The smallest absolute Gasteiger partial charge is 0.328 e. The van der Waals surface area contributed by atoms with Crippen LogP contribution in [0.15, 0.2) is 30.3 Å². The number of allylic oxidation sites excluding steroid dienone is 1. The van der Waals surface area contributed by atoms with E-state index in [-0.39, 0.29) is 0 Å². The monoisotopic (exact) mass is 176 g/mol. The molecule has 0 amide bonds. The van der Waals surface area contributed by atoms with Crippen molar-refractivity contribution in [3.05, 3.63) is 41.5 Å². The Balaban J connectivity index is 2.96. The molecule has 0 aliphatic carbocycles. The number of aryl methyl sites for hydroxylation is 1. The quantitative estimate of drug-likeness (QED) is 0.703. The highest BCUT2D eigenvalue weighted by molar-refractivity contribution is 5.89. The molecule has 2 heteroatoms. The molecule has 0 saturated carbocycles. The van der Waals surface area contributed by atoms with Gasteiger partial charge in [0.1, 0.15) is 0 Å². The molecule has 1 N–H and O–H groups in total. The van der Waals surface area contributed by atoms with Crippen molar-refractivity contribution in [2.75, 3.05) is 0 Å². The molecule has 0 atom stereocenters. The highest BCUT2D eigenvalue weighted by atomic mass is 16.4. The number of carbonyl (C=O) groups is 1. The predicted molar refractivity (Wildman–Crippen MR) is 52.5 cm³/mol. The standard InChI is InChI=1S/C11H12O2/c1-8-3-5-10(6-4-8)9(2)7-11(12)13/h3-7H,1-2H3,(H,12,13)/b9-7-. The van der Waals surface area contributed by atoms with Crippen molar-refractivity contribution in [2.45, 2.75) is 13.8 Å². The number of hydrogen-bond donors (Lipinski definition) is 1. The van der Waals surface area contributed by atoms with E-state index in [0.29, 0.717) is 0 Å². The highest BCUT2D eigenvalue weighted by Crippen LogP contribution is 2.13. The second-order valence-electron chi connectivity index (χ2n) is 3.03. The fourth-order valence-corrected chi connectivity index (χ4v) is 1.08. The Kier molecular flexibility index (Phi) is 2.85. The van der Waals surface area contributed by atoms with Gasteiger partial charge in [-0.05, 0) is 25.0 Å². The number of aliphatic carboxylic acids is 1. The Hall–Kier alpha value is -1.57. The Labute approximate surface area is 77.5 Å². The molecule has 68 valence electrons. The summed E-state index contributed by atoms with van der Waals surface area (Å²) in [7, 11) is 0. The molecule has 0 saturated heterocycles. The molecule has 0 radical (unpaired) electrons. The van der Waals surface area contributed by atoms with Crippen LogP contribution >= 0.6 is 0 Å². The van der Waals surface area contributed by atoms with Crippen molar-refractivity contribution >= 4 is 11.5 Å². The molecular weight excluding hydrogens is 164 g/mol. The minimum atomic E-state index is -0.905. The molecule has 0 spiro atoms. The van der Waals surface area contributed by atoms with Crippen LogP contribution in [0.4, 0.5) is 0 Å². The zero-order valence-electron chi connectivity index (χ0n) is 7.74. The number of hydrogen-bond acceptors (Lipinski definition) is 1. The first-order valence-electron chi connectivity index (χ1n) is 4.08. The summed E-state index contributed by atoms with van der Waals surface area (Å²) in [6.07, 6.45) is 1.21. The van der Waals surface area contributed by atoms with Crippen LogP contribution in [0.5, 0.6) is 0 Å². The van der Waals surface area contributed by atoms with Crippen molar-refractivity contribution in [1.82, 2.24) is 0 Å². The summed E-state index contributed by atoms with van der Waals surface area (Å²) < 4.78 is 0. The van der Waals surface area contributed by atoms with Crippen LogP contribution in [0, 0.1) is 6.92 Å². The van der Waals surface area contributed by atoms with Crippen LogP contribution in [0.2, 0.25) is 0 Å². The third-order valence-corrected chi connectivity index (χ3v) is 1.85. The first kappa shape index (κ1) is 9.52. The molecule has 0 fully saturated rings. The van der Waals surface area contributed by atoms with E-state index in [2.05, 4.69) is 0 Å². The van der Waals surface area contributed by atoms with E-state index in [9.17, 15) is 4.79 Å². The zero-order valence-corrected chi connectivity index (χ0v) is 7.74. The van der Waals surface area contributed by atoms with E-state index in [0.717, 1.165) is 11.1 Å². The minimum Gasteiger partial charge on any atom is -0.478 e.